The van der Waals surface area contributed by atoms with Crippen molar-refractivity contribution in [3.8, 4) is 5.88 Å². The summed E-state index contributed by atoms with van der Waals surface area (Å²) < 4.78 is 62.5. The minimum absolute atomic E-state index is 0.126. The number of carbonyl (C=O) groups excluding carboxylic acids is 1. The molecule has 33 heavy (non-hydrogen) atoms. The van der Waals surface area contributed by atoms with Crippen LogP contribution in [0.3, 0.4) is 0 Å². The van der Waals surface area contributed by atoms with Crippen LogP contribution >= 0.6 is 0 Å². The second kappa shape index (κ2) is 8.75. The number of nitrogens with one attached hydrogen (secondary N) is 3. The van der Waals surface area contributed by atoms with Crippen molar-refractivity contribution < 1.29 is 31.8 Å². The molecule has 4 rings (SSSR count). The Bertz CT molecular complexity index is 1130. The molecule has 0 saturated heterocycles. The fraction of sp³-hybridized carbons (Fsp3) is 0.474. The third kappa shape index (κ3) is 5.26. The predicted molar refractivity (Wildman–Crippen MR) is 107 cm³/mol. The molecule has 3 N–H and O–H groups in total. The first kappa shape index (κ1) is 22.6. The van der Waals surface area contributed by atoms with Crippen LogP contribution in [0.1, 0.15) is 38.3 Å². The number of ether oxygens (including phenoxy) is 2. The lowest BCUT2D eigenvalue weighted by molar-refractivity contribution is -0.276. The Labute approximate surface area is 184 Å². The number of aromatic nitrogens is 5. The van der Waals surface area contributed by atoms with E-state index in [9.17, 15) is 22.4 Å². The lowest BCUT2D eigenvalue weighted by Crippen LogP contribution is -2.36. The summed E-state index contributed by atoms with van der Waals surface area (Å²) in [4.78, 5) is 15.9. The molecule has 1 aliphatic carbocycles. The van der Waals surface area contributed by atoms with Crippen LogP contribution in [0.4, 0.5) is 34.0 Å². The van der Waals surface area contributed by atoms with Gasteiger partial charge in [-0.2, -0.15) is 5.10 Å². The topological polar surface area (TPSA) is 118 Å². The van der Waals surface area contributed by atoms with Crippen molar-refractivity contribution in [3.05, 3.63) is 30.2 Å². The SMILES string of the molecule is CC(C)NC(=O)O[C@@H]1CC[C@H](c2cc(Nc3nccn4nc(OC(F)(F)F)cc34)n[nH]2)[C@@H]1F. The predicted octanol–water partition coefficient (Wildman–Crippen LogP) is 3.81. The van der Waals surface area contributed by atoms with E-state index < -0.39 is 36.5 Å². The monoisotopic (exact) mass is 471 g/mol. The molecule has 0 spiro atoms. The van der Waals surface area contributed by atoms with Gasteiger partial charge in [0.1, 0.15) is 17.8 Å². The van der Waals surface area contributed by atoms with Gasteiger partial charge in [0.25, 0.3) is 0 Å². The summed E-state index contributed by atoms with van der Waals surface area (Å²) in [5.41, 5.74) is 0.706. The van der Waals surface area contributed by atoms with Crippen LogP contribution in [0, 0.1) is 0 Å². The highest BCUT2D eigenvalue weighted by Crippen LogP contribution is 2.38. The largest absolute Gasteiger partial charge is 0.574 e. The number of hydrogen-bond acceptors (Lipinski definition) is 7. The van der Waals surface area contributed by atoms with Gasteiger partial charge in [0, 0.05) is 42.2 Å². The fourth-order valence-corrected chi connectivity index (χ4v) is 3.66. The summed E-state index contributed by atoms with van der Waals surface area (Å²) in [6.45, 7) is 3.54. The smallest absolute Gasteiger partial charge is 0.443 e. The van der Waals surface area contributed by atoms with E-state index in [2.05, 4.69) is 35.7 Å². The van der Waals surface area contributed by atoms with Gasteiger partial charge in [-0.25, -0.2) is 18.7 Å². The van der Waals surface area contributed by atoms with Crippen molar-refractivity contribution in [1.82, 2.24) is 30.1 Å². The molecule has 0 bridgehead atoms. The number of alkyl halides is 4. The molecule has 3 aromatic heterocycles. The van der Waals surface area contributed by atoms with E-state index in [1.54, 1.807) is 19.9 Å². The van der Waals surface area contributed by atoms with Gasteiger partial charge in [-0.3, -0.25) is 5.10 Å². The molecule has 1 fully saturated rings. The van der Waals surface area contributed by atoms with Crippen LogP contribution in [0.2, 0.25) is 0 Å². The highest BCUT2D eigenvalue weighted by molar-refractivity contribution is 5.72. The van der Waals surface area contributed by atoms with E-state index >= 15 is 0 Å². The van der Waals surface area contributed by atoms with E-state index in [4.69, 9.17) is 4.74 Å². The van der Waals surface area contributed by atoms with E-state index in [-0.39, 0.29) is 23.2 Å². The van der Waals surface area contributed by atoms with Crippen LogP contribution in [0.15, 0.2) is 24.5 Å². The minimum Gasteiger partial charge on any atom is -0.443 e. The number of amides is 1. The maximum absolute atomic E-state index is 14.9. The Morgan fingerprint density at radius 1 is 1.30 bits per heavy atom. The van der Waals surface area contributed by atoms with Crippen molar-refractivity contribution >= 4 is 23.2 Å². The molecule has 1 amide bonds. The lowest BCUT2D eigenvalue weighted by atomic mass is 10.0. The zero-order chi connectivity index (χ0) is 23.8. The summed E-state index contributed by atoms with van der Waals surface area (Å²) in [6.07, 6.45) is -4.34. The van der Waals surface area contributed by atoms with E-state index in [1.807, 2.05) is 0 Å². The normalized spacial score (nSPS) is 20.9. The van der Waals surface area contributed by atoms with Gasteiger partial charge >= 0.3 is 12.5 Å². The molecule has 0 radical (unpaired) electrons. The van der Waals surface area contributed by atoms with Gasteiger partial charge in [0.05, 0.1) is 0 Å². The Morgan fingerprint density at radius 3 is 2.82 bits per heavy atom. The third-order valence-corrected chi connectivity index (χ3v) is 5.00. The van der Waals surface area contributed by atoms with Gasteiger partial charge < -0.3 is 20.1 Å². The summed E-state index contributed by atoms with van der Waals surface area (Å²) >= 11 is 0. The number of nitrogens with zero attached hydrogens (tertiary/aromatic N) is 4. The van der Waals surface area contributed by atoms with Gasteiger partial charge in [0.15, 0.2) is 11.6 Å². The van der Waals surface area contributed by atoms with Crippen molar-refractivity contribution in [2.45, 2.75) is 57.3 Å². The third-order valence-electron chi connectivity index (χ3n) is 5.00. The second-order valence-electron chi connectivity index (χ2n) is 7.84. The number of halogens is 4. The summed E-state index contributed by atoms with van der Waals surface area (Å²) in [5.74, 6) is -0.746. The molecule has 3 aromatic rings. The molecular weight excluding hydrogens is 450 g/mol. The highest BCUT2D eigenvalue weighted by atomic mass is 19.4. The average Bonchev–Trinajstić information content (AvgIpc) is 3.40. The van der Waals surface area contributed by atoms with Crippen molar-refractivity contribution in [3.63, 3.8) is 0 Å². The molecule has 178 valence electrons. The zero-order valence-electron chi connectivity index (χ0n) is 17.6. The molecule has 14 heteroatoms. The molecule has 10 nitrogen and oxygen atoms in total. The maximum atomic E-state index is 14.9. The van der Waals surface area contributed by atoms with Crippen molar-refractivity contribution in [1.29, 1.82) is 0 Å². The quantitative estimate of drug-likeness (QED) is 0.468. The van der Waals surface area contributed by atoms with Crippen LogP contribution in [0.5, 0.6) is 5.88 Å². The maximum Gasteiger partial charge on any atom is 0.574 e. The first-order valence-electron chi connectivity index (χ1n) is 10.1. The molecule has 0 aliphatic heterocycles. The molecule has 3 heterocycles. The number of hydrogen-bond donors (Lipinski definition) is 3. The van der Waals surface area contributed by atoms with Crippen LogP contribution in [-0.2, 0) is 4.74 Å². The minimum atomic E-state index is -4.88. The first-order valence-corrected chi connectivity index (χ1v) is 10.1. The van der Waals surface area contributed by atoms with E-state index in [1.165, 1.54) is 16.9 Å². The number of anilines is 2. The summed E-state index contributed by atoms with van der Waals surface area (Å²) in [7, 11) is 0. The zero-order valence-corrected chi connectivity index (χ0v) is 17.6. The second-order valence-corrected chi connectivity index (χ2v) is 7.84. The van der Waals surface area contributed by atoms with Gasteiger partial charge in [0.2, 0.25) is 5.88 Å². The molecular formula is C19H21F4N7O3. The van der Waals surface area contributed by atoms with Crippen molar-refractivity contribution in [2.75, 3.05) is 5.32 Å². The number of H-pyrrole nitrogens is 1. The Balaban J connectivity index is 1.45. The van der Waals surface area contributed by atoms with Crippen LogP contribution in [0.25, 0.3) is 5.52 Å². The molecule has 0 aromatic carbocycles. The first-order chi connectivity index (χ1) is 15.6. The summed E-state index contributed by atoms with van der Waals surface area (Å²) in [5, 5.41) is 16.0. The number of aromatic amines is 1. The van der Waals surface area contributed by atoms with Crippen LogP contribution < -0.4 is 15.4 Å². The fourth-order valence-electron chi connectivity index (χ4n) is 3.66. The number of carbonyl (C=O) groups is 1. The number of alkyl carbamates (subject to hydrolysis) is 1. The standard InChI is InChI=1S/C19H21F4N7O3/c1-9(2)25-18(31)32-13-4-3-10(16(13)20)11-7-14(28-27-11)26-17-12-8-15(33-19(21,22)23)29-30(12)6-5-24-17/h5-10,13,16H,3-4H2,1-2H3,(H,25,31)(H2,24,26,27,28)/t10-,13-,16+/m1/s1. The van der Waals surface area contributed by atoms with E-state index in [0.717, 1.165) is 6.07 Å². The van der Waals surface area contributed by atoms with E-state index in [0.29, 0.717) is 18.5 Å². The van der Waals surface area contributed by atoms with Gasteiger partial charge in [-0.1, -0.05) is 0 Å². The molecule has 3 atom stereocenters. The molecule has 1 aliphatic rings. The molecule has 1 saturated carbocycles. The van der Waals surface area contributed by atoms with Gasteiger partial charge in [-0.05, 0) is 26.7 Å². The summed E-state index contributed by atoms with van der Waals surface area (Å²) in [6, 6.07) is 2.52. The Kier molecular flexibility index (Phi) is 5.99. The Hall–Kier alpha value is -3.58. The van der Waals surface area contributed by atoms with Crippen LogP contribution in [-0.4, -0.2) is 55.6 Å². The average molecular weight is 471 g/mol. The molecule has 0 unspecified atom stereocenters. The highest BCUT2D eigenvalue weighted by Gasteiger charge is 2.41. The van der Waals surface area contributed by atoms with Crippen molar-refractivity contribution in [2.24, 2.45) is 0 Å². The Morgan fingerprint density at radius 2 is 2.09 bits per heavy atom. The number of rotatable bonds is 6. The number of fused-ring (bicyclic) bond motifs is 1. The lowest BCUT2D eigenvalue weighted by Gasteiger charge is -2.18. The van der Waals surface area contributed by atoms with Gasteiger partial charge in [-0.15, -0.1) is 18.3 Å².